The van der Waals surface area contributed by atoms with Gasteiger partial charge in [-0.25, -0.2) is 15.0 Å². The molecule has 3 aromatic heterocycles. The van der Waals surface area contributed by atoms with Gasteiger partial charge < -0.3 is 21.1 Å². The van der Waals surface area contributed by atoms with Gasteiger partial charge in [0.05, 0.1) is 10.6 Å². The molecule has 0 saturated carbocycles. The summed E-state index contributed by atoms with van der Waals surface area (Å²) in [5, 5.41) is 17.2. The molecule has 0 amide bonds. The number of nitrogens with one attached hydrogen (secondary N) is 3. The Kier molecular flexibility index (Phi) is 6.22. The molecular weight excluding hydrogens is 430 g/mol. The highest BCUT2D eigenvalue weighted by Gasteiger charge is 2.13. The standard InChI is InChI=1S/C20H21N9O2S/c1-32-27-14-4-2-3-13(11-14)15-12-18-23-9-10-28(18)20(25-15)24-8-7-22-17-6-5-16(29(30)31)19(21)26-17/h2-6,9-12,27H,7-8H2,1H3,(H,24,25)(H3,21,22,26). The Morgan fingerprint density at radius 3 is 2.78 bits per heavy atom. The fourth-order valence-electron chi connectivity index (χ4n) is 3.14. The molecule has 32 heavy (non-hydrogen) atoms. The van der Waals surface area contributed by atoms with Crippen LogP contribution in [0, 0.1) is 10.1 Å². The predicted octanol–water partition coefficient (Wildman–Crippen LogP) is 3.50. The number of benzene rings is 1. The van der Waals surface area contributed by atoms with Gasteiger partial charge in [0.1, 0.15) is 11.5 Å². The molecule has 0 unspecified atom stereocenters. The molecule has 0 aliphatic rings. The summed E-state index contributed by atoms with van der Waals surface area (Å²) in [6.45, 7) is 1.02. The Hall–Kier alpha value is -4.06. The van der Waals surface area contributed by atoms with E-state index in [1.807, 2.05) is 47.2 Å². The second kappa shape index (κ2) is 9.39. The predicted molar refractivity (Wildman–Crippen MR) is 128 cm³/mol. The first-order valence-corrected chi connectivity index (χ1v) is 10.9. The molecule has 5 N–H and O–H groups in total. The third-order valence-electron chi connectivity index (χ3n) is 4.58. The molecule has 0 saturated heterocycles. The van der Waals surface area contributed by atoms with Crippen LogP contribution in [0.25, 0.3) is 16.9 Å². The van der Waals surface area contributed by atoms with Crippen LogP contribution in [-0.4, -0.2) is 43.6 Å². The Bertz CT molecular complexity index is 1260. The summed E-state index contributed by atoms with van der Waals surface area (Å²) in [4.78, 5) is 23.5. The minimum Gasteiger partial charge on any atom is -0.378 e. The van der Waals surface area contributed by atoms with Crippen molar-refractivity contribution in [1.29, 1.82) is 0 Å². The van der Waals surface area contributed by atoms with Crippen LogP contribution in [0.1, 0.15) is 0 Å². The van der Waals surface area contributed by atoms with Crippen molar-refractivity contribution >= 4 is 46.6 Å². The average molecular weight is 452 g/mol. The normalized spacial score (nSPS) is 10.8. The van der Waals surface area contributed by atoms with Crippen LogP contribution in [0.4, 0.5) is 29.0 Å². The number of hydrogen-bond donors (Lipinski definition) is 4. The number of anilines is 4. The van der Waals surface area contributed by atoms with Crippen molar-refractivity contribution in [3.63, 3.8) is 0 Å². The van der Waals surface area contributed by atoms with Crippen LogP contribution in [0.2, 0.25) is 0 Å². The topological polar surface area (TPSA) is 148 Å². The van der Waals surface area contributed by atoms with E-state index < -0.39 is 4.92 Å². The van der Waals surface area contributed by atoms with Gasteiger partial charge in [-0.1, -0.05) is 24.1 Å². The second-order valence-corrected chi connectivity index (χ2v) is 7.33. The van der Waals surface area contributed by atoms with Crippen LogP contribution < -0.4 is 21.1 Å². The molecular formula is C20H21N9O2S. The number of imidazole rings is 1. The Morgan fingerprint density at radius 1 is 1.16 bits per heavy atom. The molecule has 1 aromatic carbocycles. The third kappa shape index (κ3) is 4.64. The first kappa shape index (κ1) is 21.2. The highest BCUT2D eigenvalue weighted by atomic mass is 32.2. The lowest BCUT2D eigenvalue weighted by molar-refractivity contribution is -0.384. The fraction of sp³-hybridized carbons (Fsp3) is 0.150. The molecule has 12 heteroatoms. The first-order valence-electron chi connectivity index (χ1n) is 9.67. The van der Waals surface area contributed by atoms with Crippen molar-refractivity contribution in [2.45, 2.75) is 0 Å². The van der Waals surface area contributed by atoms with Crippen molar-refractivity contribution in [3.05, 3.63) is 65.0 Å². The van der Waals surface area contributed by atoms with E-state index in [2.05, 4.69) is 25.3 Å². The van der Waals surface area contributed by atoms with Gasteiger partial charge in [0.15, 0.2) is 0 Å². The summed E-state index contributed by atoms with van der Waals surface area (Å²) in [5.41, 5.74) is 8.96. The maximum Gasteiger partial charge on any atom is 0.311 e. The summed E-state index contributed by atoms with van der Waals surface area (Å²) in [5.74, 6) is 0.986. The summed E-state index contributed by atoms with van der Waals surface area (Å²) in [6.07, 6.45) is 5.53. The number of nitro groups is 1. The van der Waals surface area contributed by atoms with Gasteiger partial charge in [0, 0.05) is 55.1 Å². The third-order valence-corrected chi connectivity index (χ3v) is 5.02. The maximum atomic E-state index is 10.9. The van der Waals surface area contributed by atoms with Crippen LogP contribution in [0.3, 0.4) is 0 Å². The van der Waals surface area contributed by atoms with E-state index in [1.54, 1.807) is 6.20 Å². The van der Waals surface area contributed by atoms with E-state index in [9.17, 15) is 10.1 Å². The van der Waals surface area contributed by atoms with Crippen LogP contribution >= 0.6 is 11.9 Å². The molecule has 0 aliphatic heterocycles. The van der Waals surface area contributed by atoms with Crippen LogP contribution in [-0.2, 0) is 0 Å². The summed E-state index contributed by atoms with van der Waals surface area (Å²) in [7, 11) is 0. The zero-order valence-corrected chi connectivity index (χ0v) is 18.0. The van der Waals surface area contributed by atoms with Gasteiger partial charge in [0.25, 0.3) is 0 Å². The van der Waals surface area contributed by atoms with Crippen molar-refractivity contribution in [1.82, 2.24) is 19.4 Å². The smallest absolute Gasteiger partial charge is 0.311 e. The summed E-state index contributed by atoms with van der Waals surface area (Å²) >= 11 is 1.53. The van der Waals surface area contributed by atoms with E-state index in [0.29, 0.717) is 24.9 Å². The second-order valence-electron chi connectivity index (χ2n) is 6.72. The molecule has 0 atom stereocenters. The first-order chi connectivity index (χ1) is 15.5. The van der Waals surface area contributed by atoms with E-state index in [4.69, 9.17) is 10.7 Å². The molecule has 4 aromatic rings. The van der Waals surface area contributed by atoms with Crippen LogP contribution in [0.15, 0.2) is 54.9 Å². The van der Waals surface area contributed by atoms with Gasteiger partial charge in [-0.05, 0) is 18.2 Å². The number of pyridine rings is 1. The van der Waals surface area contributed by atoms with E-state index >= 15 is 0 Å². The van der Waals surface area contributed by atoms with E-state index in [0.717, 1.165) is 22.6 Å². The van der Waals surface area contributed by atoms with Crippen molar-refractivity contribution in [2.75, 3.05) is 40.4 Å². The molecule has 0 spiro atoms. The Morgan fingerprint density at radius 2 is 2.00 bits per heavy atom. The van der Waals surface area contributed by atoms with E-state index in [1.165, 1.54) is 24.1 Å². The number of nitrogens with zero attached hydrogens (tertiary/aromatic N) is 5. The number of fused-ring (bicyclic) bond motifs is 1. The molecule has 0 fully saturated rings. The summed E-state index contributed by atoms with van der Waals surface area (Å²) < 4.78 is 5.10. The zero-order valence-electron chi connectivity index (χ0n) is 17.1. The quantitative estimate of drug-likeness (QED) is 0.129. The van der Waals surface area contributed by atoms with Gasteiger partial charge in [-0.3, -0.25) is 14.5 Å². The minimum absolute atomic E-state index is 0.124. The largest absolute Gasteiger partial charge is 0.378 e. The number of aromatic nitrogens is 4. The van der Waals surface area contributed by atoms with Gasteiger partial charge in [-0.2, -0.15) is 0 Å². The van der Waals surface area contributed by atoms with Crippen molar-refractivity contribution in [3.8, 4) is 11.3 Å². The molecule has 0 aliphatic carbocycles. The van der Waals surface area contributed by atoms with Crippen molar-refractivity contribution in [2.24, 2.45) is 0 Å². The molecule has 0 radical (unpaired) electrons. The lowest BCUT2D eigenvalue weighted by atomic mass is 10.1. The molecule has 11 nitrogen and oxygen atoms in total. The lowest BCUT2D eigenvalue weighted by Gasteiger charge is -2.12. The highest BCUT2D eigenvalue weighted by molar-refractivity contribution is 7.99. The zero-order chi connectivity index (χ0) is 22.5. The summed E-state index contributed by atoms with van der Waals surface area (Å²) in [6, 6.07) is 12.8. The van der Waals surface area contributed by atoms with Crippen molar-refractivity contribution < 1.29 is 4.92 Å². The molecule has 164 valence electrons. The Labute approximate surface area is 187 Å². The molecule has 0 bridgehead atoms. The van der Waals surface area contributed by atoms with Gasteiger partial charge >= 0.3 is 5.69 Å². The number of nitrogens with two attached hydrogens (primary N) is 1. The van der Waals surface area contributed by atoms with Gasteiger partial charge in [-0.15, -0.1) is 0 Å². The minimum atomic E-state index is -0.560. The van der Waals surface area contributed by atoms with Gasteiger partial charge in [0.2, 0.25) is 11.8 Å². The van der Waals surface area contributed by atoms with Crippen LogP contribution in [0.5, 0.6) is 0 Å². The fourth-order valence-corrected chi connectivity index (χ4v) is 3.50. The molecule has 4 rings (SSSR count). The maximum absolute atomic E-state index is 10.9. The van der Waals surface area contributed by atoms with E-state index in [-0.39, 0.29) is 11.5 Å². The lowest BCUT2D eigenvalue weighted by Crippen LogP contribution is -2.17. The number of hydrogen-bond acceptors (Lipinski definition) is 10. The number of rotatable bonds is 9. The average Bonchev–Trinajstić information content (AvgIpc) is 3.26. The Balaban J connectivity index is 1.47. The monoisotopic (exact) mass is 451 g/mol. The highest BCUT2D eigenvalue weighted by Crippen LogP contribution is 2.25. The molecule has 3 heterocycles. The SMILES string of the molecule is CSNc1cccc(-c2cc3nccn3c(NCCNc3ccc([N+](=O)[O-])c(N)n3)n2)c1. The number of nitrogen functional groups attached to an aromatic ring is 1.